The first-order valence-electron chi connectivity index (χ1n) is 6.21. The van der Waals surface area contributed by atoms with Gasteiger partial charge in [0.2, 0.25) is 0 Å². The number of fused-ring (bicyclic) bond motifs is 1. The Labute approximate surface area is 121 Å². The number of para-hydroxylation sites is 2. The molecule has 0 saturated heterocycles. The van der Waals surface area contributed by atoms with E-state index in [0.717, 1.165) is 11.3 Å². The first-order chi connectivity index (χ1) is 9.65. The van der Waals surface area contributed by atoms with E-state index < -0.39 is 0 Å². The van der Waals surface area contributed by atoms with Crippen LogP contribution in [-0.4, -0.2) is 12.5 Å². The van der Waals surface area contributed by atoms with Gasteiger partial charge in [-0.3, -0.25) is 4.79 Å². The number of rotatable bonds is 2. The highest BCUT2D eigenvalue weighted by Crippen LogP contribution is 2.33. The summed E-state index contributed by atoms with van der Waals surface area (Å²) in [7, 11) is 0. The third kappa shape index (κ3) is 2.30. The molecule has 0 spiro atoms. The van der Waals surface area contributed by atoms with Crippen LogP contribution in [-0.2, 0) is 11.3 Å². The third-order valence-electron chi connectivity index (χ3n) is 3.24. The van der Waals surface area contributed by atoms with Crippen LogP contribution in [0.3, 0.4) is 0 Å². The first-order valence-corrected chi connectivity index (χ1v) is 6.59. The molecule has 0 aliphatic carbocycles. The normalized spacial score (nSPS) is 13.8. The number of ether oxygens (including phenoxy) is 1. The maximum Gasteiger partial charge on any atom is 0.265 e. The molecule has 0 bridgehead atoms. The van der Waals surface area contributed by atoms with E-state index in [4.69, 9.17) is 22.1 Å². The fraction of sp³-hybridized carbons (Fsp3) is 0.133. The Morgan fingerprint density at radius 2 is 2.05 bits per heavy atom. The lowest BCUT2D eigenvalue weighted by Gasteiger charge is -2.29. The predicted octanol–water partition coefficient (Wildman–Crippen LogP) is 2.85. The highest BCUT2D eigenvalue weighted by atomic mass is 35.5. The summed E-state index contributed by atoms with van der Waals surface area (Å²) in [5, 5.41) is 0.583. The van der Waals surface area contributed by atoms with E-state index in [9.17, 15) is 4.79 Å². The fourth-order valence-corrected chi connectivity index (χ4v) is 2.39. The summed E-state index contributed by atoms with van der Waals surface area (Å²) in [6, 6.07) is 12.8. The molecule has 1 aliphatic heterocycles. The monoisotopic (exact) mass is 288 g/mol. The maximum atomic E-state index is 12.1. The molecule has 20 heavy (non-hydrogen) atoms. The number of nitrogen functional groups attached to an aromatic ring is 1. The quantitative estimate of drug-likeness (QED) is 0.865. The summed E-state index contributed by atoms with van der Waals surface area (Å²) in [5.74, 6) is 0.623. The van der Waals surface area contributed by atoms with Gasteiger partial charge in [-0.25, -0.2) is 0 Å². The van der Waals surface area contributed by atoms with E-state index in [1.165, 1.54) is 0 Å². The van der Waals surface area contributed by atoms with Gasteiger partial charge in [0, 0.05) is 10.7 Å². The summed E-state index contributed by atoms with van der Waals surface area (Å²) in [4.78, 5) is 13.8. The average Bonchev–Trinajstić information content (AvgIpc) is 2.44. The Morgan fingerprint density at radius 1 is 1.25 bits per heavy atom. The number of nitrogens with two attached hydrogens (primary N) is 1. The van der Waals surface area contributed by atoms with Crippen LogP contribution in [0.25, 0.3) is 0 Å². The van der Waals surface area contributed by atoms with Crippen molar-refractivity contribution in [3.8, 4) is 5.75 Å². The molecule has 0 atom stereocenters. The molecule has 2 aromatic rings. The number of carbonyl (C=O) groups is 1. The highest BCUT2D eigenvalue weighted by molar-refractivity contribution is 6.30. The van der Waals surface area contributed by atoms with Crippen molar-refractivity contribution in [2.45, 2.75) is 6.54 Å². The zero-order chi connectivity index (χ0) is 14.1. The Balaban J connectivity index is 1.95. The molecule has 4 nitrogen and oxygen atoms in total. The maximum absolute atomic E-state index is 12.1. The predicted molar refractivity (Wildman–Crippen MR) is 79.0 cm³/mol. The van der Waals surface area contributed by atoms with Gasteiger partial charge in [0.25, 0.3) is 5.91 Å². The number of amides is 1. The van der Waals surface area contributed by atoms with Gasteiger partial charge >= 0.3 is 0 Å². The van der Waals surface area contributed by atoms with Gasteiger partial charge in [0.1, 0.15) is 5.75 Å². The van der Waals surface area contributed by atoms with Crippen molar-refractivity contribution in [2.75, 3.05) is 17.2 Å². The summed E-state index contributed by atoms with van der Waals surface area (Å²) in [6.07, 6.45) is 0. The number of anilines is 2. The van der Waals surface area contributed by atoms with E-state index in [-0.39, 0.29) is 12.5 Å². The Hall–Kier alpha value is -2.20. The van der Waals surface area contributed by atoms with Crippen molar-refractivity contribution < 1.29 is 9.53 Å². The van der Waals surface area contributed by atoms with Crippen molar-refractivity contribution in [3.05, 3.63) is 53.1 Å². The molecule has 2 aromatic carbocycles. The van der Waals surface area contributed by atoms with Crippen molar-refractivity contribution in [3.63, 3.8) is 0 Å². The largest absolute Gasteiger partial charge is 0.482 e. The van der Waals surface area contributed by atoms with Crippen molar-refractivity contribution >= 4 is 28.9 Å². The van der Waals surface area contributed by atoms with Gasteiger partial charge in [0.05, 0.1) is 12.2 Å². The Morgan fingerprint density at radius 3 is 2.85 bits per heavy atom. The van der Waals surface area contributed by atoms with Crippen molar-refractivity contribution in [1.29, 1.82) is 0 Å². The molecule has 5 heteroatoms. The fourth-order valence-electron chi connectivity index (χ4n) is 2.21. The number of nitrogens with zero attached hydrogens (tertiary/aromatic N) is 1. The van der Waals surface area contributed by atoms with Gasteiger partial charge in [-0.1, -0.05) is 29.8 Å². The molecule has 0 aromatic heterocycles. The average molecular weight is 289 g/mol. The number of benzene rings is 2. The van der Waals surface area contributed by atoms with Crippen molar-refractivity contribution in [2.24, 2.45) is 0 Å². The molecule has 0 fully saturated rings. The van der Waals surface area contributed by atoms with Crippen molar-refractivity contribution in [1.82, 2.24) is 0 Å². The van der Waals surface area contributed by atoms with Crippen LogP contribution in [0, 0.1) is 0 Å². The molecule has 1 heterocycles. The number of halogens is 1. The van der Waals surface area contributed by atoms with E-state index in [0.29, 0.717) is 23.0 Å². The number of hydrogen-bond acceptors (Lipinski definition) is 3. The van der Waals surface area contributed by atoms with Crippen LogP contribution >= 0.6 is 11.6 Å². The number of hydrogen-bond donors (Lipinski definition) is 1. The molecule has 0 unspecified atom stereocenters. The third-order valence-corrected chi connectivity index (χ3v) is 3.48. The van der Waals surface area contributed by atoms with E-state index in [2.05, 4.69) is 0 Å². The summed E-state index contributed by atoms with van der Waals surface area (Å²) < 4.78 is 5.41. The molecular formula is C15H13ClN2O2. The van der Waals surface area contributed by atoms with Crippen LogP contribution in [0.2, 0.25) is 5.02 Å². The van der Waals surface area contributed by atoms with E-state index in [1.54, 1.807) is 17.0 Å². The zero-order valence-electron chi connectivity index (χ0n) is 10.7. The second-order valence-corrected chi connectivity index (χ2v) is 5.02. The van der Waals surface area contributed by atoms with Gasteiger partial charge in [-0.15, -0.1) is 0 Å². The second kappa shape index (κ2) is 5.06. The summed E-state index contributed by atoms with van der Waals surface area (Å²) in [6.45, 7) is 0.451. The lowest BCUT2D eigenvalue weighted by molar-refractivity contribution is -0.121. The standard InChI is InChI=1S/C15H13ClN2O2/c16-11-6-5-10(12(17)7-11)8-18-13-3-1-2-4-14(13)20-9-15(18)19/h1-7H,8-9,17H2. The minimum absolute atomic E-state index is 0.0461. The molecule has 2 N–H and O–H groups in total. The molecule has 0 radical (unpaired) electrons. The van der Waals surface area contributed by atoms with Gasteiger partial charge < -0.3 is 15.4 Å². The first kappa shape index (κ1) is 12.8. The SMILES string of the molecule is Nc1cc(Cl)ccc1CN1C(=O)COc2ccccc21. The van der Waals surface area contributed by atoms with Gasteiger partial charge in [0.15, 0.2) is 6.61 Å². The summed E-state index contributed by atoms with van der Waals surface area (Å²) >= 11 is 5.89. The minimum Gasteiger partial charge on any atom is -0.482 e. The molecule has 1 amide bonds. The van der Waals surface area contributed by atoms with Gasteiger partial charge in [-0.2, -0.15) is 0 Å². The Kier molecular flexibility index (Phi) is 3.24. The molecule has 0 saturated carbocycles. The molecule has 3 rings (SSSR count). The topological polar surface area (TPSA) is 55.6 Å². The van der Waals surface area contributed by atoms with Crippen LogP contribution in [0.1, 0.15) is 5.56 Å². The molecule has 102 valence electrons. The van der Waals surface area contributed by atoms with Crippen LogP contribution in [0.5, 0.6) is 5.75 Å². The molecule has 1 aliphatic rings. The lowest BCUT2D eigenvalue weighted by Crippen LogP contribution is -2.38. The lowest BCUT2D eigenvalue weighted by atomic mass is 10.1. The summed E-state index contributed by atoms with van der Waals surface area (Å²) in [5.41, 5.74) is 8.15. The zero-order valence-corrected chi connectivity index (χ0v) is 11.4. The highest BCUT2D eigenvalue weighted by Gasteiger charge is 2.25. The van der Waals surface area contributed by atoms with Crippen LogP contribution < -0.4 is 15.4 Å². The van der Waals surface area contributed by atoms with Crippen LogP contribution in [0.15, 0.2) is 42.5 Å². The number of carbonyl (C=O) groups excluding carboxylic acids is 1. The second-order valence-electron chi connectivity index (χ2n) is 4.58. The molecular weight excluding hydrogens is 276 g/mol. The van der Waals surface area contributed by atoms with Gasteiger partial charge in [-0.05, 0) is 29.8 Å². The minimum atomic E-state index is -0.0851. The smallest absolute Gasteiger partial charge is 0.265 e. The van der Waals surface area contributed by atoms with E-state index >= 15 is 0 Å². The van der Waals surface area contributed by atoms with Crippen LogP contribution in [0.4, 0.5) is 11.4 Å². The Bertz CT molecular complexity index is 673. The van der Waals surface area contributed by atoms with E-state index in [1.807, 2.05) is 30.3 Å².